The summed E-state index contributed by atoms with van der Waals surface area (Å²) < 4.78 is 5.10. The standard InChI is InChI=1S/C20H25NO2/c1-23-19-12-9-17(20(22)13-19)14-21-18-10-7-16(8-11-18)15-5-3-2-4-6-15/h7-13,15,21-22H,2-6,14H2,1H3. The average Bonchev–Trinajstić information content (AvgIpc) is 2.62. The summed E-state index contributed by atoms with van der Waals surface area (Å²) in [7, 11) is 1.60. The Morgan fingerprint density at radius 2 is 1.78 bits per heavy atom. The lowest BCUT2D eigenvalue weighted by molar-refractivity contribution is 0.406. The van der Waals surface area contributed by atoms with Crippen molar-refractivity contribution in [3.8, 4) is 11.5 Å². The monoisotopic (exact) mass is 311 g/mol. The first-order chi connectivity index (χ1) is 11.3. The van der Waals surface area contributed by atoms with E-state index in [1.165, 1.54) is 37.7 Å². The third-order valence-electron chi connectivity index (χ3n) is 4.76. The van der Waals surface area contributed by atoms with Crippen molar-refractivity contribution in [1.29, 1.82) is 0 Å². The zero-order valence-corrected chi connectivity index (χ0v) is 13.7. The van der Waals surface area contributed by atoms with Gasteiger partial charge in [-0.3, -0.25) is 0 Å². The van der Waals surface area contributed by atoms with Crippen molar-refractivity contribution in [2.45, 2.75) is 44.6 Å². The van der Waals surface area contributed by atoms with Crippen molar-refractivity contribution in [1.82, 2.24) is 0 Å². The van der Waals surface area contributed by atoms with Gasteiger partial charge in [0.1, 0.15) is 11.5 Å². The summed E-state index contributed by atoms with van der Waals surface area (Å²) in [6, 6.07) is 14.2. The fourth-order valence-corrected chi connectivity index (χ4v) is 3.33. The van der Waals surface area contributed by atoms with Gasteiger partial charge in [0.15, 0.2) is 0 Å². The van der Waals surface area contributed by atoms with E-state index in [0.29, 0.717) is 12.3 Å². The molecule has 122 valence electrons. The number of nitrogens with one attached hydrogen (secondary N) is 1. The number of phenols is 1. The molecule has 0 amide bonds. The highest BCUT2D eigenvalue weighted by Gasteiger charge is 2.15. The summed E-state index contributed by atoms with van der Waals surface area (Å²) in [6.07, 6.45) is 6.77. The fourth-order valence-electron chi connectivity index (χ4n) is 3.33. The largest absolute Gasteiger partial charge is 0.507 e. The van der Waals surface area contributed by atoms with Crippen LogP contribution in [0.15, 0.2) is 42.5 Å². The number of ether oxygens (including phenoxy) is 1. The first-order valence-electron chi connectivity index (χ1n) is 8.46. The van der Waals surface area contributed by atoms with Crippen LogP contribution in [0.3, 0.4) is 0 Å². The highest BCUT2D eigenvalue weighted by molar-refractivity contribution is 5.48. The molecule has 23 heavy (non-hydrogen) atoms. The van der Waals surface area contributed by atoms with Crippen LogP contribution in [0.2, 0.25) is 0 Å². The summed E-state index contributed by atoms with van der Waals surface area (Å²) in [5.74, 6) is 1.67. The molecule has 0 aromatic heterocycles. The van der Waals surface area contributed by atoms with Crippen LogP contribution in [0.4, 0.5) is 5.69 Å². The maximum atomic E-state index is 9.99. The molecule has 0 aliphatic heterocycles. The molecule has 0 bridgehead atoms. The molecule has 2 aromatic rings. The van der Waals surface area contributed by atoms with Gasteiger partial charge in [0.25, 0.3) is 0 Å². The van der Waals surface area contributed by atoms with E-state index >= 15 is 0 Å². The maximum Gasteiger partial charge on any atom is 0.124 e. The zero-order chi connectivity index (χ0) is 16.1. The normalized spacial score (nSPS) is 15.3. The number of benzene rings is 2. The minimum atomic E-state index is 0.260. The van der Waals surface area contributed by atoms with Crippen molar-refractivity contribution in [2.75, 3.05) is 12.4 Å². The molecule has 0 saturated heterocycles. The number of aromatic hydroxyl groups is 1. The lowest BCUT2D eigenvalue weighted by Gasteiger charge is -2.22. The molecule has 1 aliphatic carbocycles. The van der Waals surface area contributed by atoms with Gasteiger partial charge in [-0.15, -0.1) is 0 Å². The second kappa shape index (κ2) is 7.40. The second-order valence-corrected chi connectivity index (χ2v) is 6.31. The summed E-state index contributed by atoms with van der Waals surface area (Å²) >= 11 is 0. The van der Waals surface area contributed by atoms with E-state index in [9.17, 15) is 5.11 Å². The Hall–Kier alpha value is -2.16. The van der Waals surface area contributed by atoms with Crippen LogP contribution in [0.25, 0.3) is 0 Å². The van der Waals surface area contributed by atoms with E-state index in [-0.39, 0.29) is 5.75 Å². The van der Waals surface area contributed by atoms with Gasteiger partial charge < -0.3 is 15.2 Å². The number of anilines is 1. The van der Waals surface area contributed by atoms with Crippen LogP contribution >= 0.6 is 0 Å². The molecule has 3 rings (SSSR count). The van der Waals surface area contributed by atoms with Crippen molar-refractivity contribution >= 4 is 5.69 Å². The molecule has 0 atom stereocenters. The Morgan fingerprint density at radius 3 is 2.43 bits per heavy atom. The Labute approximate surface area is 138 Å². The van der Waals surface area contributed by atoms with Crippen molar-refractivity contribution in [3.63, 3.8) is 0 Å². The number of hydrogen-bond donors (Lipinski definition) is 2. The highest BCUT2D eigenvalue weighted by Crippen LogP contribution is 2.33. The van der Waals surface area contributed by atoms with E-state index in [1.807, 2.05) is 12.1 Å². The summed E-state index contributed by atoms with van der Waals surface area (Å²) in [5.41, 5.74) is 3.41. The van der Waals surface area contributed by atoms with E-state index in [0.717, 1.165) is 17.2 Å². The molecule has 1 fully saturated rings. The zero-order valence-electron chi connectivity index (χ0n) is 13.7. The summed E-state index contributed by atoms with van der Waals surface area (Å²) in [4.78, 5) is 0. The summed E-state index contributed by atoms with van der Waals surface area (Å²) in [5, 5.41) is 13.4. The lowest BCUT2D eigenvalue weighted by Crippen LogP contribution is -2.05. The van der Waals surface area contributed by atoms with Crippen LogP contribution < -0.4 is 10.1 Å². The number of rotatable bonds is 5. The molecule has 0 radical (unpaired) electrons. The van der Waals surface area contributed by atoms with Gasteiger partial charge >= 0.3 is 0 Å². The minimum Gasteiger partial charge on any atom is -0.507 e. The predicted molar refractivity (Wildman–Crippen MR) is 94.3 cm³/mol. The van der Waals surface area contributed by atoms with Gasteiger partial charge in [-0.25, -0.2) is 0 Å². The van der Waals surface area contributed by atoms with Crippen LogP contribution in [0, 0.1) is 0 Å². The SMILES string of the molecule is COc1ccc(CNc2ccc(C3CCCCC3)cc2)c(O)c1. The Kier molecular flexibility index (Phi) is 5.06. The smallest absolute Gasteiger partial charge is 0.124 e. The molecular formula is C20H25NO2. The summed E-state index contributed by atoms with van der Waals surface area (Å²) in [6.45, 7) is 0.596. The molecule has 1 aliphatic rings. The minimum absolute atomic E-state index is 0.260. The van der Waals surface area contributed by atoms with Crippen molar-refractivity contribution in [3.05, 3.63) is 53.6 Å². The van der Waals surface area contributed by atoms with Gasteiger partial charge in [-0.1, -0.05) is 31.4 Å². The van der Waals surface area contributed by atoms with Crippen molar-refractivity contribution in [2.24, 2.45) is 0 Å². The molecule has 0 spiro atoms. The van der Waals surface area contributed by atoms with E-state index in [4.69, 9.17) is 4.74 Å². The van der Waals surface area contributed by atoms with E-state index in [1.54, 1.807) is 13.2 Å². The van der Waals surface area contributed by atoms with Crippen LogP contribution in [-0.2, 0) is 6.54 Å². The van der Waals surface area contributed by atoms with Gasteiger partial charge in [0, 0.05) is 23.9 Å². The quantitative estimate of drug-likeness (QED) is 0.811. The predicted octanol–water partition coefficient (Wildman–Crippen LogP) is 5.06. The molecule has 2 N–H and O–H groups in total. The Morgan fingerprint density at radius 1 is 1.04 bits per heavy atom. The first kappa shape index (κ1) is 15.7. The second-order valence-electron chi connectivity index (χ2n) is 6.31. The van der Waals surface area contributed by atoms with Gasteiger partial charge in [-0.2, -0.15) is 0 Å². The molecule has 0 unspecified atom stereocenters. The number of hydrogen-bond acceptors (Lipinski definition) is 3. The third kappa shape index (κ3) is 3.98. The van der Waals surface area contributed by atoms with Gasteiger partial charge in [0.05, 0.1) is 7.11 Å². The molecule has 3 heteroatoms. The third-order valence-corrected chi connectivity index (χ3v) is 4.76. The average molecular weight is 311 g/mol. The topological polar surface area (TPSA) is 41.5 Å². The fraction of sp³-hybridized carbons (Fsp3) is 0.400. The molecule has 1 saturated carbocycles. The van der Waals surface area contributed by atoms with Gasteiger partial charge in [0.2, 0.25) is 0 Å². The van der Waals surface area contributed by atoms with E-state index < -0.39 is 0 Å². The molecule has 2 aromatic carbocycles. The molecular weight excluding hydrogens is 286 g/mol. The molecule has 0 heterocycles. The number of phenolic OH excluding ortho intramolecular Hbond substituents is 1. The van der Waals surface area contributed by atoms with Gasteiger partial charge in [-0.05, 0) is 48.6 Å². The Bertz CT molecular complexity index is 631. The first-order valence-corrected chi connectivity index (χ1v) is 8.46. The van der Waals surface area contributed by atoms with Crippen LogP contribution in [0.5, 0.6) is 11.5 Å². The highest BCUT2D eigenvalue weighted by atomic mass is 16.5. The maximum absolute atomic E-state index is 9.99. The number of methoxy groups -OCH3 is 1. The Balaban J connectivity index is 1.60. The molecule has 3 nitrogen and oxygen atoms in total. The van der Waals surface area contributed by atoms with Crippen molar-refractivity contribution < 1.29 is 9.84 Å². The van der Waals surface area contributed by atoms with Crippen LogP contribution in [0.1, 0.15) is 49.1 Å². The van der Waals surface area contributed by atoms with Crippen LogP contribution in [-0.4, -0.2) is 12.2 Å². The van der Waals surface area contributed by atoms with E-state index in [2.05, 4.69) is 29.6 Å². The lowest BCUT2D eigenvalue weighted by atomic mass is 9.84.